The van der Waals surface area contributed by atoms with E-state index in [1.807, 2.05) is 47.4 Å². The molecule has 1 amide bonds. The monoisotopic (exact) mass is 360 g/mol. The summed E-state index contributed by atoms with van der Waals surface area (Å²) < 4.78 is 0. The molecule has 5 heteroatoms. The summed E-state index contributed by atoms with van der Waals surface area (Å²) >= 11 is 0. The zero-order valence-corrected chi connectivity index (χ0v) is 15.3. The van der Waals surface area contributed by atoms with E-state index < -0.39 is 0 Å². The Kier molecular flexibility index (Phi) is 4.92. The van der Waals surface area contributed by atoms with E-state index in [4.69, 9.17) is 5.73 Å². The highest BCUT2D eigenvalue weighted by molar-refractivity contribution is 5.97. The average molecular weight is 360 g/mol. The molecule has 27 heavy (non-hydrogen) atoms. The van der Waals surface area contributed by atoms with Crippen LogP contribution in [-0.4, -0.2) is 36.3 Å². The van der Waals surface area contributed by atoms with Gasteiger partial charge in [0.1, 0.15) is 5.84 Å². The molecule has 2 heterocycles. The summed E-state index contributed by atoms with van der Waals surface area (Å²) in [6, 6.07) is 17.9. The lowest BCUT2D eigenvalue weighted by Crippen LogP contribution is -2.36. The lowest BCUT2D eigenvalue weighted by molar-refractivity contribution is 0.0724. The molecule has 1 saturated heterocycles. The first-order valence-corrected chi connectivity index (χ1v) is 9.47. The molecule has 1 fully saturated rings. The highest BCUT2D eigenvalue weighted by atomic mass is 16.2. The maximum atomic E-state index is 12.7. The molecule has 4 rings (SSSR count). The predicted molar refractivity (Wildman–Crippen MR) is 110 cm³/mol. The quantitative estimate of drug-likeness (QED) is 0.911. The predicted octanol–water partition coefficient (Wildman–Crippen LogP) is 3.49. The molecular weight excluding hydrogens is 336 g/mol. The summed E-state index contributed by atoms with van der Waals surface area (Å²) in [5.41, 5.74) is 9.77. The van der Waals surface area contributed by atoms with Crippen LogP contribution in [0.4, 0.5) is 5.69 Å². The third kappa shape index (κ3) is 3.72. The van der Waals surface area contributed by atoms with Crippen LogP contribution in [-0.2, 0) is 0 Å². The largest absolute Gasteiger partial charge is 0.386 e. The minimum absolute atomic E-state index is 0.126. The van der Waals surface area contributed by atoms with Gasteiger partial charge in [-0.25, -0.2) is 4.99 Å². The van der Waals surface area contributed by atoms with Crippen LogP contribution in [0.1, 0.15) is 35.2 Å². The zero-order chi connectivity index (χ0) is 18.6. The Morgan fingerprint density at radius 2 is 1.63 bits per heavy atom. The molecule has 2 N–H and O–H groups in total. The minimum Gasteiger partial charge on any atom is -0.386 e. The third-order valence-corrected chi connectivity index (χ3v) is 5.10. The number of nitrogens with zero attached hydrogens (tertiary/aromatic N) is 3. The molecule has 0 aromatic heterocycles. The van der Waals surface area contributed by atoms with Crippen LogP contribution in [0.15, 0.2) is 65.8 Å². The van der Waals surface area contributed by atoms with Gasteiger partial charge in [-0.3, -0.25) is 4.79 Å². The molecule has 0 atom stereocenters. The van der Waals surface area contributed by atoms with Gasteiger partial charge in [0.2, 0.25) is 0 Å². The van der Waals surface area contributed by atoms with E-state index in [9.17, 15) is 4.79 Å². The summed E-state index contributed by atoms with van der Waals surface area (Å²) in [6.45, 7) is 2.27. The Hall–Kier alpha value is -3.08. The van der Waals surface area contributed by atoms with E-state index in [0.29, 0.717) is 12.4 Å². The van der Waals surface area contributed by atoms with Gasteiger partial charge in [0, 0.05) is 24.3 Å². The van der Waals surface area contributed by atoms with E-state index in [0.717, 1.165) is 48.4 Å². The van der Waals surface area contributed by atoms with Gasteiger partial charge in [0.25, 0.3) is 5.91 Å². The maximum Gasteiger partial charge on any atom is 0.253 e. The van der Waals surface area contributed by atoms with E-state index in [1.165, 1.54) is 6.42 Å². The second-order valence-electron chi connectivity index (χ2n) is 6.99. The van der Waals surface area contributed by atoms with Crippen LogP contribution >= 0.6 is 0 Å². The summed E-state index contributed by atoms with van der Waals surface area (Å²) in [7, 11) is 0. The van der Waals surface area contributed by atoms with E-state index in [2.05, 4.69) is 22.0 Å². The van der Waals surface area contributed by atoms with Crippen molar-refractivity contribution in [1.82, 2.24) is 4.90 Å². The van der Waals surface area contributed by atoms with Crippen LogP contribution in [0.25, 0.3) is 5.70 Å². The SMILES string of the molecule is NC1=NC=C(c2ccc(C(=O)N3CCCCC3)cc2)N(c2ccccc2)C1. The van der Waals surface area contributed by atoms with E-state index >= 15 is 0 Å². The second kappa shape index (κ2) is 7.66. The van der Waals surface area contributed by atoms with Crippen molar-refractivity contribution in [2.24, 2.45) is 10.7 Å². The van der Waals surface area contributed by atoms with Gasteiger partial charge >= 0.3 is 0 Å². The van der Waals surface area contributed by atoms with Crippen LogP contribution < -0.4 is 10.6 Å². The van der Waals surface area contributed by atoms with Crippen LogP contribution in [0, 0.1) is 0 Å². The maximum absolute atomic E-state index is 12.7. The van der Waals surface area contributed by atoms with Crippen LogP contribution in [0.2, 0.25) is 0 Å². The highest BCUT2D eigenvalue weighted by Gasteiger charge is 2.21. The molecule has 2 aromatic rings. The number of piperidine rings is 1. The molecule has 0 aliphatic carbocycles. The van der Waals surface area contributed by atoms with Crippen molar-refractivity contribution in [3.05, 3.63) is 71.9 Å². The lowest BCUT2D eigenvalue weighted by Gasteiger charge is -2.30. The normalized spacial score (nSPS) is 17.3. The van der Waals surface area contributed by atoms with Crippen molar-refractivity contribution in [2.45, 2.75) is 19.3 Å². The lowest BCUT2D eigenvalue weighted by atomic mass is 10.0. The molecule has 0 saturated carbocycles. The molecule has 0 bridgehead atoms. The molecule has 2 aromatic carbocycles. The molecule has 2 aliphatic heterocycles. The Bertz CT molecular complexity index is 865. The number of aliphatic imine (C=N–C) groups is 1. The van der Waals surface area contributed by atoms with Gasteiger partial charge in [-0.2, -0.15) is 0 Å². The molecule has 138 valence electrons. The number of hydrogen-bond acceptors (Lipinski definition) is 4. The first kappa shape index (κ1) is 17.3. The first-order chi connectivity index (χ1) is 13.2. The standard InChI is InChI=1S/C22H24N4O/c23-21-16-26(19-7-3-1-4-8-19)20(15-24-21)17-9-11-18(12-10-17)22(27)25-13-5-2-6-14-25/h1,3-4,7-12,15H,2,5-6,13-14,16H2,(H2,23,24). The molecule has 0 unspecified atom stereocenters. The van der Waals surface area contributed by atoms with Crippen molar-refractivity contribution in [1.29, 1.82) is 0 Å². The second-order valence-corrected chi connectivity index (χ2v) is 6.99. The number of carbonyl (C=O) groups is 1. The van der Waals surface area contributed by atoms with Crippen LogP contribution in [0.3, 0.4) is 0 Å². The summed E-state index contributed by atoms with van der Waals surface area (Å²) in [6.07, 6.45) is 5.22. The van der Waals surface area contributed by atoms with Crippen molar-refractivity contribution < 1.29 is 4.79 Å². The molecule has 0 spiro atoms. The van der Waals surface area contributed by atoms with Crippen LogP contribution in [0.5, 0.6) is 0 Å². The summed E-state index contributed by atoms with van der Waals surface area (Å²) in [5.74, 6) is 0.709. The fourth-order valence-corrected chi connectivity index (χ4v) is 3.63. The Morgan fingerprint density at radius 1 is 0.926 bits per heavy atom. The first-order valence-electron chi connectivity index (χ1n) is 9.47. The van der Waals surface area contributed by atoms with Gasteiger partial charge in [0.15, 0.2) is 0 Å². The van der Waals surface area contributed by atoms with Gasteiger partial charge in [0.05, 0.1) is 18.4 Å². The minimum atomic E-state index is 0.126. The summed E-state index contributed by atoms with van der Waals surface area (Å²) in [4.78, 5) is 21.1. The van der Waals surface area contributed by atoms with Gasteiger partial charge < -0.3 is 15.5 Å². The molecule has 5 nitrogen and oxygen atoms in total. The van der Waals surface area contributed by atoms with Crippen molar-refractivity contribution in [2.75, 3.05) is 24.5 Å². The number of carbonyl (C=O) groups excluding carboxylic acids is 1. The van der Waals surface area contributed by atoms with Gasteiger partial charge in [-0.15, -0.1) is 0 Å². The number of likely N-dealkylation sites (tertiary alicyclic amines) is 1. The number of rotatable bonds is 3. The van der Waals surface area contributed by atoms with E-state index in [-0.39, 0.29) is 5.91 Å². The smallest absolute Gasteiger partial charge is 0.253 e. The molecular formula is C22H24N4O. The third-order valence-electron chi connectivity index (χ3n) is 5.10. The van der Waals surface area contributed by atoms with E-state index in [1.54, 1.807) is 6.20 Å². The Morgan fingerprint density at radius 3 is 2.33 bits per heavy atom. The number of benzene rings is 2. The Labute approximate surface area is 159 Å². The van der Waals surface area contributed by atoms with Crippen molar-refractivity contribution in [3.63, 3.8) is 0 Å². The number of hydrogen-bond donors (Lipinski definition) is 1. The fraction of sp³-hybridized carbons (Fsp3) is 0.273. The zero-order valence-electron chi connectivity index (χ0n) is 15.3. The highest BCUT2D eigenvalue weighted by Crippen LogP contribution is 2.28. The number of anilines is 1. The number of para-hydroxylation sites is 1. The van der Waals surface area contributed by atoms with Crippen molar-refractivity contribution >= 4 is 23.1 Å². The fourth-order valence-electron chi connectivity index (χ4n) is 3.63. The average Bonchev–Trinajstić information content (AvgIpc) is 2.74. The number of amides is 1. The summed E-state index contributed by atoms with van der Waals surface area (Å²) in [5, 5.41) is 0. The van der Waals surface area contributed by atoms with Gasteiger partial charge in [-0.1, -0.05) is 30.3 Å². The molecule has 2 aliphatic rings. The molecule has 0 radical (unpaired) electrons. The number of amidine groups is 1. The topological polar surface area (TPSA) is 61.9 Å². The number of nitrogens with two attached hydrogens (primary N) is 1. The Balaban J connectivity index is 1.59. The van der Waals surface area contributed by atoms with Crippen molar-refractivity contribution in [3.8, 4) is 0 Å². The van der Waals surface area contributed by atoms with Gasteiger partial charge in [-0.05, 0) is 49.1 Å².